The summed E-state index contributed by atoms with van der Waals surface area (Å²) >= 11 is 0. The fourth-order valence-corrected chi connectivity index (χ4v) is 0.838. The quantitative estimate of drug-likeness (QED) is 0.552. The van der Waals surface area contributed by atoms with Gasteiger partial charge in [0.2, 0.25) is 0 Å². The second kappa shape index (κ2) is 3.21. The number of carboxylic acids is 1. The lowest BCUT2D eigenvalue weighted by Crippen LogP contribution is -2.27. The maximum atomic E-state index is 11.1. The molecule has 0 saturated heterocycles. The van der Waals surface area contributed by atoms with Crippen LogP contribution >= 0.6 is 0 Å². The van der Waals surface area contributed by atoms with Crippen molar-refractivity contribution in [1.82, 2.24) is 9.55 Å². The van der Waals surface area contributed by atoms with Crippen molar-refractivity contribution in [2.45, 2.75) is 0 Å². The molecule has 1 heterocycles. The van der Waals surface area contributed by atoms with Crippen molar-refractivity contribution in [2.24, 2.45) is 5.73 Å². The Labute approximate surface area is 78.3 Å². The fraction of sp³-hybridized carbons (Fsp3) is 0. The summed E-state index contributed by atoms with van der Waals surface area (Å²) in [5, 5.41) is 8.66. The molecular weight excluding hydrogens is 188 g/mol. The highest BCUT2D eigenvalue weighted by Crippen LogP contribution is 2.05. The third-order valence-electron chi connectivity index (χ3n) is 1.50. The number of hydrogen-bond acceptors (Lipinski definition) is 5. The van der Waals surface area contributed by atoms with Crippen molar-refractivity contribution >= 4 is 17.6 Å². The molecule has 0 saturated carbocycles. The molecule has 7 heteroatoms. The Hall–Kier alpha value is -2.31. The summed E-state index contributed by atoms with van der Waals surface area (Å²) in [5.41, 5.74) is 9.38. The first-order valence-electron chi connectivity index (χ1n) is 3.50. The molecule has 0 aliphatic carbocycles. The molecule has 0 bridgehead atoms. The summed E-state index contributed by atoms with van der Waals surface area (Å²) in [6.07, 6.45) is 0.981. The van der Waals surface area contributed by atoms with E-state index < -0.39 is 11.7 Å². The van der Waals surface area contributed by atoms with E-state index in [0.717, 1.165) is 10.8 Å². The van der Waals surface area contributed by atoms with Gasteiger partial charge in [0, 0.05) is 6.20 Å². The summed E-state index contributed by atoms with van der Waals surface area (Å²) < 4.78 is 0.805. The highest BCUT2D eigenvalue weighted by atomic mass is 16.4. The van der Waals surface area contributed by atoms with E-state index in [1.54, 1.807) is 0 Å². The molecule has 5 N–H and O–H groups in total. The molecule has 0 amide bonds. The summed E-state index contributed by atoms with van der Waals surface area (Å²) in [5.74, 6) is -1.75. The second-order valence-corrected chi connectivity index (χ2v) is 2.49. The number of carbonyl (C=O) groups is 1. The highest BCUT2D eigenvalue weighted by molar-refractivity contribution is 5.92. The Morgan fingerprint density at radius 3 is 2.64 bits per heavy atom. The molecule has 1 aromatic rings. The highest BCUT2D eigenvalue weighted by Gasteiger charge is 2.12. The SMILES string of the molecule is C=C(N)n1cc(C(=O)O)c(N)nc1=O. The van der Waals surface area contributed by atoms with E-state index >= 15 is 0 Å². The Balaban J connectivity index is 3.50. The molecule has 1 aromatic heterocycles. The molecule has 0 fully saturated rings. The molecule has 0 aliphatic heterocycles. The maximum Gasteiger partial charge on any atom is 0.355 e. The molecule has 7 nitrogen and oxygen atoms in total. The zero-order chi connectivity index (χ0) is 10.9. The average molecular weight is 196 g/mol. The van der Waals surface area contributed by atoms with Gasteiger partial charge in [0.05, 0.1) is 0 Å². The van der Waals surface area contributed by atoms with Gasteiger partial charge in [0.15, 0.2) is 0 Å². The van der Waals surface area contributed by atoms with Gasteiger partial charge in [-0.05, 0) is 0 Å². The molecule has 74 valence electrons. The van der Waals surface area contributed by atoms with Crippen molar-refractivity contribution < 1.29 is 9.90 Å². The van der Waals surface area contributed by atoms with E-state index in [9.17, 15) is 9.59 Å². The standard InChI is InChI=1S/C7H8N4O3/c1-3(8)11-2-4(6(12)13)5(9)10-7(11)14/h2H,1,8H2,(H,12,13)(H2,9,10,14). The third-order valence-corrected chi connectivity index (χ3v) is 1.50. The zero-order valence-corrected chi connectivity index (χ0v) is 7.10. The summed E-state index contributed by atoms with van der Waals surface area (Å²) in [6, 6.07) is 0. The Morgan fingerprint density at radius 1 is 1.64 bits per heavy atom. The molecule has 0 aliphatic rings. The normalized spacial score (nSPS) is 9.71. The van der Waals surface area contributed by atoms with E-state index in [2.05, 4.69) is 11.6 Å². The molecule has 0 spiro atoms. The topological polar surface area (TPSA) is 124 Å². The Morgan fingerprint density at radius 2 is 2.21 bits per heavy atom. The van der Waals surface area contributed by atoms with Gasteiger partial charge >= 0.3 is 11.7 Å². The lowest BCUT2D eigenvalue weighted by atomic mass is 10.3. The number of nitrogen functional groups attached to an aromatic ring is 1. The van der Waals surface area contributed by atoms with Gasteiger partial charge in [-0.1, -0.05) is 6.58 Å². The molecular formula is C7H8N4O3. The van der Waals surface area contributed by atoms with Crippen LogP contribution in [0, 0.1) is 0 Å². The first-order valence-corrected chi connectivity index (χ1v) is 3.50. The smallest absolute Gasteiger partial charge is 0.355 e. The summed E-state index contributed by atoms with van der Waals surface area (Å²) in [7, 11) is 0. The monoisotopic (exact) mass is 196 g/mol. The van der Waals surface area contributed by atoms with Crippen molar-refractivity contribution in [3.8, 4) is 0 Å². The predicted octanol–water partition coefficient (Wildman–Crippen LogP) is -1.09. The first-order chi connectivity index (χ1) is 6.43. The number of nitrogens with two attached hydrogens (primary N) is 2. The minimum absolute atomic E-state index is 0.120. The van der Waals surface area contributed by atoms with Gasteiger partial charge in [0.1, 0.15) is 17.2 Å². The van der Waals surface area contributed by atoms with Crippen LogP contribution in [0.25, 0.3) is 5.82 Å². The van der Waals surface area contributed by atoms with E-state index in [-0.39, 0.29) is 17.2 Å². The van der Waals surface area contributed by atoms with Gasteiger partial charge in [-0.2, -0.15) is 4.98 Å². The van der Waals surface area contributed by atoms with Gasteiger partial charge in [-0.25, -0.2) is 9.59 Å². The zero-order valence-electron chi connectivity index (χ0n) is 7.10. The van der Waals surface area contributed by atoms with Crippen molar-refractivity contribution in [3.05, 3.63) is 28.8 Å². The lowest BCUT2D eigenvalue weighted by molar-refractivity contribution is 0.0697. The molecule has 14 heavy (non-hydrogen) atoms. The molecule has 0 radical (unpaired) electrons. The largest absolute Gasteiger partial charge is 0.478 e. The van der Waals surface area contributed by atoms with Gasteiger partial charge in [-0.15, -0.1) is 0 Å². The summed E-state index contributed by atoms with van der Waals surface area (Å²) in [4.78, 5) is 25.0. The van der Waals surface area contributed by atoms with E-state index in [0.29, 0.717) is 0 Å². The third kappa shape index (κ3) is 1.56. The molecule has 0 aromatic carbocycles. The van der Waals surface area contributed by atoms with E-state index in [1.165, 1.54) is 0 Å². The molecule has 0 unspecified atom stereocenters. The summed E-state index contributed by atoms with van der Waals surface area (Å²) in [6.45, 7) is 3.28. The van der Waals surface area contributed by atoms with E-state index in [4.69, 9.17) is 16.6 Å². The predicted molar refractivity (Wildman–Crippen MR) is 49.4 cm³/mol. The molecule has 1 rings (SSSR count). The second-order valence-electron chi connectivity index (χ2n) is 2.49. The van der Waals surface area contributed by atoms with Gasteiger partial charge < -0.3 is 16.6 Å². The number of carboxylic acid groups (broad SMARTS) is 1. The number of rotatable bonds is 2. The number of nitrogens with zero attached hydrogens (tertiary/aromatic N) is 2. The Kier molecular flexibility index (Phi) is 2.24. The number of hydrogen-bond donors (Lipinski definition) is 3. The van der Waals surface area contributed by atoms with Crippen LogP contribution < -0.4 is 17.2 Å². The van der Waals surface area contributed by atoms with Gasteiger partial charge in [0.25, 0.3) is 0 Å². The lowest BCUT2D eigenvalue weighted by Gasteiger charge is -2.05. The van der Waals surface area contributed by atoms with E-state index in [1.807, 2.05) is 0 Å². The molecule has 0 atom stereocenters. The van der Waals surface area contributed by atoms with Crippen LogP contribution in [0.15, 0.2) is 17.6 Å². The van der Waals surface area contributed by atoms with Crippen molar-refractivity contribution in [1.29, 1.82) is 0 Å². The van der Waals surface area contributed by atoms with Crippen LogP contribution in [0.1, 0.15) is 10.4 Å². The Bertz CT molecular complexity index is 462. The first kappa shape index (κ1) is 9.78. The number of aromatic carboxylic acids is 1. The average Bonchev–Trinajstić information content (AvgIpc) is 2.02. The van der Waals surface area contributed by atoms with Crippen LogP contribution in [0.2, 0.25) is 0 Å². The minimum Gasteiger partial charge on any atom is -0.478 e. The van der Waals surface area contributed by atoms with Crippen molar-refractivity contribution in [3.63, 3.8) is 0 Å². The fourth-order valence-electron chi connectivity index (χ4n) is 0.838. The van der Waals surface area contributed by atoms with Crippen LogP contribution in [0.4, 0.5) is 5.82 Å². The van der Waals surface area contributed by atoms with Crippen molar-refractivity contribution in [2.75, 3.05) is 5.73 Å². The minimum atomic E-state index is -1.29. The van der Waals surface area contributed by atoms with Crippen LogP contribution in [0.3, 0.4) is 0 Å². The van der Waals surface area contributed by atoms with Crippen LogP contribution in [0.5, 0.6) is 0 Å². The maximum absolute atomic E-state index is 11.1. The number of anilines is 1. The van der Waals surface area contributed by atoms with Crippen LogP contribution in [-0.2, 0) is 0 Å². The number of aromatic nitrogens is 2. The van der Waals surface area contributed by atoms with Gasteiger partial charge in [-0.3, -0.25) is 4.57 Å². The van der Waals surface area contributed by atoms with Crippen LogP contribution in [-0.4, -0.2) is 20.6 Å².